The van der Waals surface area contributed by atoms with Gasteiger partial charge in [-0.3, -0.25) is 4.98 Å². The van der Waals surface area contributed by atoms with Gasteiger partial charge in [0.25, 0.3) is 0 Å². The fourth-order valence-electron chi connectivity index (χ4n) is 4.35. The Labute approximate surface area is 187 Å². The molecule has 1 aliphatic rings. The molecule has 3 heterocycles. The predicted molar refractivity (Wildman–Crippen MR) is 126 cm³/mol. The van der Waals surface area contributed by atoms with E-state index in [-0.39, 0.29) is 18.0 Å². The fraction of sp³-hybridized carbons (Fsp3) is 0.308. The molecule has 5 rings (SSSR count). The second-order valence-electron chi connectivity index (χ2n) is 8.68. The van der Waals surface area contributed by atoms with E-state index in [1.165, 1.54) is 12.1 Å². The largest absolute Gasteiger partial charge is 0.375 e. The second kappa shape index (κ2) is 8.36. The number of hydrogen-bond acceptors (Lipinski definition) is 4. The number of imidazole rings is 1. The first-order valence-electron chi connectivity index (χ1n) is 11.1. The van der Waals surface area contributed by atoms with Gasteiger partial charge in [0.15, 0.2) is 0 Å². The van der Waals surface area contributed by atoms with Crippen molar-refractivity contribution in [1.82, 2.24) is 14.5 Å². The van der Waals surface area contributed by atoms with Gasteiger partial charge in [0.2, 0.25) is 0 Å². The van der Waals surface area contributed by atoms with Crippen LogP contribution in [-0.4, -0.2) is 40.3 Å². The summed E-state index contributed by atoms with van der Waals surface area (Å²) in [6.07, 6.45) is 4.03. The zero-order valence-electron chi connectivity index (χ0n) is 18.6. The van der Waals surface area contributed by atoms with Crippen LogP contribution in [0.25, 0.3) is 33.4 Å². The van der Waals surface area contributed by atoms with E-state index in [1.54, 1.807) is 12.1 Å². The van der Waals surface area contributed by atoms with Crippen LogP contribution < -0.4 is 4.90 Å². The van der Waals surface area contributed by atoms with Gasteiger partial charge in [-0.2, -0.15) is 0 Å². The van der Waals surface area contributed by atoms with Crippen LogP contribution in [0.3, 0.4) is 0 Å². The Morgan fingerprint density at radius 3 is 2.56 bits per heavy atom. The summed E-state index contributed by atoms with van der Waals surface area (Å²) in [6, 6.07) is 15.3. The molecule has 0 radical (unpaired) electrons. The monoisotopic (exact) mass is 430 g/mol. The summed E-state index contributed by atoms with van der Waals surface area (Å²) < 4.78 is 21.4. The number of rotatable bonds is 4. The third-order valence-electron chi connectivity index (χ3n) is 6.01. The number of ether oxygens (including phenoxy) is 1. The SMILES string of the molecule is CC1CN(c2cnc3ccc(-c4c(-c5ccc(F)cc5)ncn4C(C)C)cc3c2)CCO1. The molecular weight excluding hydrogens is 403 g/mol. The van der Waals surface area contributed by atoms with Gasteiger partial charge in [0.05, 0.1) is 47.8 Å². The Morgan fingerprint density at radius 2 is 1.81 bits per heavy atom. The van der Waals surface area contributed by atoms with Gasteiger partial charge in [-0.1, -0.05) is 6.07 Å². The molecular formula is C26H27FN4O. The first-order chi connectivity index (χ1) is 15.5. The highest BCUT2D eigenvalue weighted by Crippen LogP contribution is 2.35. The third kappa shape index (κ3) is 3.86. The molecule has 1 atom stereocenters. The van der Waals surface area contributed by atoms with Crippen LogP contribution in [0.2, 0.25) is 0 Å². The van der Waals surface area contributed by atoms with Gasteiger partial charge in [0.1, 0.15) is 5.82 Å². The summed E-state index contributed by atoms with van der Waals surface area (Å²) in [5, 5.41) is 1.08. The Hall–Kier alpha value is -3.25. The molecule has 0 spiro atoms. The molecule has 1 aliphatic heterocycles. The van der Waals surface area contributed by atoms with E-state index in [1.807, 2.05) is 12.5 Å². The maximum atomic E-state index is 13.5. The Balaban J connectivity index is 1.61. The molecule has 1 unspecified atom stereocenters. The van der Waals surface area contributed by atoms with Crippen molar-refractivity contribution in [3.63, 3.8) is 0 Å². The highest BCUT2D eigenvalue weighted by molar-refractivity contribution is 5.89. The van der Waals surface area contributed by atoms with Gasteiger partial charge in [-0.15, -0.1) is 0 Å². The second-order valence-corrected chi connectivity index (χ2v) is 8.68. The van der Waals surface area contributed by atoms with Crippen LogP contribution in [0.4, 0.5) is 10.1 Å². The van der Waals surface area contributed by atoms with E-state index in [2.05, 4.69) is 54.5 Å². The van der Waals surface area contributed by atoms with Crippen LogP contribution in [-0.2, 0) is 4.74 Å². The molecule has 2 aromatic carbocycles. The number of benzene rings is 2. The summed E-state index contributed by atoms with van der Waals surface area (Å²) in [6.45, 7) is 8.84. The van der Waals surface area contributed by atoms with Crippen LogP contribution in [0, 0.1) is 5.82 Å². The standard InChI is InChI=1S/C26H27FN4O/c1-17(2)31-16-29-25(19-4-7-22(27)8-5-19)26(31)20-6-9-24-21(12-20)13-23(14-28-24)30-10-11-32-18(3)15-30/h4-9,12-14,16-18H,10-11,15H2,1-3H3. The molecule has 164 valence electrons. The summed E-state index contributed by atoms with van der Waals surface area (Å²) >= 11 is 0. The summed E-state index contributed by atoms with van der Waals surface area (Å²) in [4.78, 5) is 11.7. The van der Waals surface area contributed by atoms with Crippen LogP contribution >= 0.6 is 0 Å². The van der Waals surface area contributed by atoms with Crippen LogP contribution in [0.15, 0.2) is 61.1 Å². The normalized spacial score (nSPS) is 16.8. The maximum Gasteiger partial charge on any atom is 0.123 e. The first kappa shape index (κ1) is 20.6. The topological polar surface area (TPSA) is 43.2 Å². The maximum absolute atomic E-state index is 13.5. The van der Waals surface area contributed by atoms with E-state index in [4.69, 9.17) is 14.7 Å². The molecule has 0 amide bonds. The molecule has 0 saturated carbocycles. The van der Waals surface area contributed by atoms with Crippen molar-refractivity contribution in [3.05, 3.63) is 66.9 Å². The lowest BCUT2D eigenvalue weighted by molar-refractivity contribution is 0.0532. The molecule has 5 nitrogen and oxygen atoms in total. The first-order valence-corrected chi connectivity index (χ1v) is 11.1. The van der Waals surface area contributed by atoms with Crippen molar-refractivity contribution in [1.29, 1.82) is 0 Å². The summed E-state index contributed by atoms with van der Waals surface area (Å²) in [7, 11) is 0. The van der Waals surface area contributed by atoms with E-state index in [0.717, 1.165) is 58.8 Å². The third-order valence-corrected chi connectivity index (χ3v) is 6.01. The quantitative estimate of drug-likeness (QED) is 0.416. The zero-order valence-corrected chi connectivity index (χ0v) is 18.6. The number of fused-ring (bicyclic) bond motifs is 1. The van der Waals surface area contributed by atoms with Gasteiger partial charge in [0, 0.05) is 35.6 Å². The van der Waals surface area contributed by atoms with Crippen LogP contribution in [0.5, 0.6) is 0 Å². The highest BCUT2D eigenvalue weighted by Gasteiger charge is 2.19. The Morgan fingerprint density at radius 1 is 1.03 bits per heavy atom. The molecule has 2 aromatic heterocycles. The van der Waals surface area contributed by atoms with Gasteiger partial charge >= 0.3 is 0 Å². The number of morpholine rings is 1. The number of nitrogens with zero attached hydrogens (tertiary/aromatic N) is 4. The van der Waals surface area contributed by atoms with Crippen LogP contribution in [0.1, 0.15) is 26.8 Å². The van der Waals surface area contributed by atoms with Crippen molar-refractivity contribution < 1.29 is 9.13 Å². The lowest BCUT2D eigenvalue weighted by Crippen LogP contribution is -2.41. The lowest BCUT2D eigenvalue weighted by Gasteiger charge is -2.32. The molecule has 0 N–H and O–H groups in total. The van der Waals surface area contributed by atoms with Crippen molar-refractivity contribution in [2.45, 2.75) is 32.9 Å². The smallest absolute Gasteiger partial charge is 0.123 e. The van der Waals surface area contributed by atoms with Gasteiger partial charge in [-0.25, -0.2) is 9.37 Å². The molecule has 32 heavy (non-hydrogen) atoms. The zero-order chi connectivity index (χ0) is 22.2. The highest BCUT2D eigenvalue weighted by atomic mass is 19.1. The van der Waals surface area contributed by atoms with Crippen molar-refractivity contribution in [2.24, 2.45) is 0 Å². The van der Waals surface area contributed by atoms with E-state index >= 15 is 0 Å². The minimum absolute atomic E-state index is 0.212. The number of halogens is 1. The van der Waals surface area contributed by atoms with E-state index in [0.29, 0.717) is 0 Å². The Bertz CT molecular complexity index is 1250. The number of anilines is 1. The van der Waals surface area contributed by atoms with Gasteiger partial charge in [-0.05, 0) is 63.2 Å². The molecule has 6 heteroatoms. The minimum Gasteiger partial charge on any atom is -0.375 e. The molecule has 0 bridgehead atoms. The average Bonchev–Trinajstić information content (AvgIpc) is 3.24. The minimum atomic E-state index is -0.250. The van der Waals surface area contributed by atoms with Crippen molar-refractivity contribution >= 4 is 16.6 Å². The predicted octanol–water partition coefficient (Wildman–Crippen LogP) is 5.71. The molecule has 0 aliphatic carbocycles. The number of pyridine rings is 1. The summed E-state index contributed by atoms with van der Waals surface area (Å²) in [5.74, 6) is -0.250. The Kier molecular flexibility index (Phi) is 5.39. The van der Waals surface area contributed by atoms with Crippen molar-refractivity contribution in [2.75, 3.05) is 24.6 Å². The van der Waals surface area contributed by atoms with E-state index < -0.39 is 0 Å². The van der Waals surface area contributed by atoms with Gasteiger partial charge < -0.3 is 14.2 Å². The number of hydrogen-bond donors (Lipinski definition) is 0. The molecule has 1 fully saturated rings. The summed E-state index contributed by atoms with van der Waals surface area (Å²) in [5.41, 5.74) is 5.91. The fourth-order valence-corrected chi connectivity index (χ4v) is 4.35. The van der Waals surface area contributed by atoms with Crippen molar-refractivity contribution in [3.8, 4) is 22.5 Å². The number of aromatic nitrogens is 3. The molecule has 1 saturated heterocycles. The lowest BCUT2D eigenvalue weighted by atomic mass is 10.0. The molecule has 4 aromatic rings. The van der Waals surface area contributed by atoms with E-state index in [9.17, 15) is 4.39 Å². The average molecular weight is 431 g/mol.